The average molecular weight is 308 g/mol. The van der Waals surface area contributed by atoms with E-state index in [1.165, 1.54) is 5.56 Å². The van der Waals surface area contributed by atoms with E-state index in [0.29, 0.717) is 16.0 Å². The van der Waals surface area contributed by atoms with Crippen molar-refractivity contribution in [3.8, 4) is 0 Å². The summed E-state index contributed by atoms with van der Waals surface area (Å²) in [6.07, 6.45) is 1.05. The van der Waals surface area contributed by atoms with Crippen LogP contribution in [0.2, 0.25) is 10.0 Å². The van der Waals surface area contributed by atoms with E-state index < -0.39 is 0 Å². The number of nitrogens with one attached hydrogen (secondary N) is 1. The predicted molar refractivity (Wildman–Crippen MR) is 88.7 cm³/mol. The fraction of sp³-hybridized carbons (Fsp3) is 0.294. The van der Waals surface area contributed by atoms with Crippen LogP contribution in [0.4, 0.5) is 5.69 Å². The molecule has 106 valence electrons. The van der Waals surface area contributed by atoms with E-state index in [4.69, 9.17) is 23.2 Å². The second kappa shape index (κ2) is 7.01. The first-order chi connectivity index (χ1) is 9.54. The highest BCUT2D eigenvalue weighted by Crippen LogP contribution is 2.29. The van der Waals surface area contributed by atoms with Gasteiger partial charge in [0.2, 0.25) is 0 Å². The Hall–Kier alpha value is -1.18. The topological polar surface area (TPSA) is 12.0 Å². The number of hydrogen-bond donors (Lipinski definition) is 1. The molecule has 0 aliphatic heterocycles. The SMILES string of the molecule is CC(C)CC(Nc1cc(Cl)cc(Cl)c1)c1ccccc1. The first-order valence-electron chi connectivity index (χ1n) is 6.82. The smallest absolute Gasteiger partial charge is 0.0516 e. The number of hydrogen-bond acceptors (Lipinski definition) is 1. The van der Waals surface area contributed by atoms with E-state index in [9.17, 15) is 0 Å². The van der Waals surface area contributed by atoms with E-state index in [1.54, 1.807) is 6.07 Å². The molecule has 1 N–H and O–H groups in total. The molecule has 2 rings (SSSR count). The minimum atomic E-state index is 0.255. The number of benzene rings is 2. The van der Waals surface area contributed by atoms with Gasteiger partial charge in [-0.3, -0.25) is 0 Å². The summed E-state index contributed by atoms with van der Waals surface area (Å²) >= 11 is 12.1. The molecular formula is C17H19Cl2N. The van der Waals surface area contributed by atoms with Crippen molar-refractivity contribution in [3.63, 3.8) is 0 Å². The average Bonchev–Trinajstić information content (AvgIpc) is 2.37. The quantitative estimate of drug-likeness (QED) is 0.694. The standard InChI is InChI=1S/C17H19Cl2N/c1-12(2)8-17(13-6-4-3-5-7-13)20-16-10-14(18)9-15(19)11-16/h3-7,9-12,17,20H,8H2,1-2H3. The van der Waals surface area contributed by atoms with Crippen molar-refractivity contribution in [2.24, 2.45) is 5.92 Å². The monoisotopic (exact) mass is 307 g/mol. The molecular weight excluding hydrogens is 289 g/mol. The zero-order valence-electron chi connectivity index (χ0n) is 11.7. The first-order valence-corrected chi connectivity index (χ1v) is 7.58. The van der Waals surface area contributed by atoms with Crippen LogP contribution in [0.1, 0.15) is 31.9 Å². The highest BCUT2D eigenvalue weighted by molar-refractivity contribution is 6.35. The maximum Gasteiger partial charge on any atom is 0.0516 e. The van der Waals surface area contributed by atoms with Gasteiger partial charge in [-0.25, -0.2) is 0 Å². The van der Waals surface area contributed by atoms with Crippen molar-refractivity contribution in [1.82, 2.24) is 0 Å². The summed E-state index contributed by atoms with van der Waals surface area (Å²) in [7, 11) is 0. The Kier molecular flexibility index (Phi) is 5.33. The largest absolute Gasteiger partial charge is 0.378 e. The minimum absolute atomic E-state index is 0.255. The van der Waals surface area contributed by atoms with Gasteiger partial charge in [0.1, 0.15) is 0 Å². The number of rotatable bonds is 5. The molecule has 0 spiro atoms. The Balaban J connectivity index is 2.23. The van der Waals surface area contributed by atoms with Crippen LogP contribution in [0.3, 0.4) is 0 Å². The summed E-state index contributed by atoms with van der Waals surface area (Å²) in [6, 6.07) is 16.3. The molecule has 0 fully saturated rings. The Morgan fingerprint density at radius 2 is 1.55 bits per heavy atom. The summed E-state index contributed by atoms with van der Waals surface area (Å²) in [6.45, 7) is 4.45. The van der Waals surface area contributed by atoms with Crippen LogP contribution in [0.25, 0.3) is 0 Å². The molecule has 3 heteroatoms. The summed E-state index contributed by atoms with van der Waals surface area (Å²) in [5.74, 6) is 0.599. The van der Waals surface area contributed by atoms with Gasteiger partial charge >= 0.3 is 0 Å². The van der Waals surface area contributed by atoms with Crippen molar-refractivity contribution in [2.75, 3.05) is 5.32 Å². The van der Waals surface area contributed by atoms with Crippen LogP contribution < -0.4 is 5.32 Å². The summed E-state index contributed by atoms with van der Waals surface area (Å²) in [4.78, 5) is 0. The Labute approximate surface area is 130 Å². The van der Waals surface area contributed by atoms with Gasteiger partial charge in [-0.1, -0.05) is 67.4 Å². The van der Waals surface area contributed by atoms with E-state index >= 15 is 0 Å². The molecule has 1 atom stereocenters. The van der Waals surface area contributed by atoms with Crippen molar-refractivity contribution < 1.29 is 0 Å². The van der Waals surface area contributed by atoms with Gasteiger partial charge in [0.05, 0.1) is 6.04 Å². The molecule has 0 bridgehead atoms. The summed E-state index contributed by atoms with van der Waals surface area (Å²) in [5.41, 5.74) is 2.23. The van der Waals surface area contributed by atoms with Crippen LogP contribution >= 0.6 is 23.2 Å². The number of anilines is 1. The van der Waals surface area contributed by atoms with Gasteiger partial charge in [-0.2, -0.15) is 0 Å². The zero-order chi connectivity index (χ0) is 14.5. The van der Waals surface area contributed by atoms with Crippen molar-refractivity contribution in [1.29, 1.82) is 0 Å². The van der Waals surface area contributed by atoms with Crippen molar-refractivity contribution >= 4 is 28.9 Å². The molecule has 1 unspecified atom stereocenters. The number of halogens is 2. The lowest BCUT2D eigenvalue weighted by molar-refractivity contribution is 0.531. The Morgan fingerprint density at radius 1 is 0.950 bits per heavy atom. The first kappa shape index (κ1) is 15.2. The van der Waals surface area contributed by atoms with Crippen LogP contribution in [0, 0.1) is 5.92 Å². The minimum Gasteiger partial charge on any atom is -0.378 e. The fourth-order valence-corrected chi connectivity index (χ4v) is 2.80. The lowest BCUT2D eigenvalue weighted by Gasteiger charge is -2.22. The molecule has 0 saturated carbocycles. The Morgan fingerprint density at radius 3 is 2.10 bits per heavy atom. The Bertz CT molecular complexity index is 532. The fourth-order valence-electron chi connectivity index (χ4n) is 2.27. The highest BCUT2D eigenvalue weighted by Gasteiger charge is 2.13. The van der Waals surface area contributed by atoms with E-state index in [2.05, 4.69) is 43.4 Å². The van der Waals surface area contributed by atoms with Crippen LogP contribution in [0.5, 0.6) is 0 Å². The third-order valence-electron chi connectivity index (χ3n) is 3.11. The molecule has 20 heavy (non-hydrogen) atoms. The molecule has 0 radical (unpaired) electrons. The molecule has 0 aliphatic rings. The van der Waals surface area contributed by atoms with Gasteiger partial charge < -0.3 is 5.32 Å². The maximum atomic E-state index is 6.06. The lowest BCUT2D eigenvalue weighted by Crippen LogP contribution is -2.13. The molecule has 0 heterocycles. The van der Waals surface area contributed by atoms with Gasteiger partial charge in [0.25, 0.3) is 0 Å². The second-order valence-electron chi connectivity index (χ2n) is 5.40. The van der Waals surface area contributed by atoms with Gasteiger partial charge in [-0.05, 0) is 36.1 Å². The van der Waals surface area contributed by atoms with Crippen LogP contribution in [-0.4, -0.2) is 0 Å². The molecule has 0 aliphatic carbocycles. The molecule has 0 saturated heterocycles. The van der Waals surface area contributed by atoms with E-state index in [0.717, 1.165) is 12.1 Å². The molecule has 2 aromatic carbocycles. The molecule has 1 nitrogen and oxygen atoms in total. The van der Waals surface area contributed by atoms with E-state index in [1.807, 2.05) is 18.2 Å². The molecule has 2 aromatic rings. The maximum absolute atomic E-state index is 6.06. The highest BCUT2D eigenvalue weighted by atomic mass is 35.5. The van der Waals surface area contributed by atoms with E-state index in [-0.39, 0.29) is 6.04 Å². The zero-order valence-corrected chi connectivity index (χ0v) is 13.2. The summed E-state index contributed by atoms with van der Waals surface area (Å²) in [5, 5.41) is 4.84. The summed E-state index contributed by atoms with van der Waals surface area (Å²) < 4.78 is 0. The van der Waals surface area contributed by atoms with Gasteiger partial charge in [0, 0.05) is 15.7 Å². The molecule has 0 amide bonds. The van der Waals surface area contributed by atoms with Gasteiger partial charge in [-0.15, -0.1) is 0 Å². The third kappa shape index (κ3) is 4.43. The molecule has 0 aromatic heterocycles. The third-order valence-corrected chi connectivity index (χ3v) is 3.55. The van der Waals surface area contributed by atoms with Crippen molar-refractivity contribution in [2.45, 2.75) is 26.3 Å². The predicted octanol–water partition coefficient (Wildman–Crippen LogP) is 6.19. The van der Waals surface area contributed by atoms with Crippen molar-refractivity contribution in [3.05, 3.63) is 64.1 Å². The normalized spacial score (nSPS) is 12.4. The van der Waals surface area contributed by atoms with Crippen LogP contribution in [0.15, 0.2) is 48.5 Å². The second-order valence-corrected chi connectivity index (χ2v) is 6.27. The van der Waals surface area contributed by atoms with Gasteiger partial charge in [0.15, 0.2) is 0 Å². The van der Waals surface area contributed by atoms with Crippen LogP contribution in [-0.2, 0) is 0 Å². The lowest BCUT2D eigenvalue weighted by atomic mass is 9.97.